The number of primary amides is 1. The number of anilines is 1. The van der Waals surface area contributed by atoms with Crippen LogP contribution in [0.3, 0.4) is 0 Å². The number of hydrogen-bond acceptors (Lipinski definition) is 5. The van der Waals surface area contributed by atoms with E-state index >= 15 is 4.39 Å². The molecule has 0 spiro atoms. The van der Waals surface area contributed by atoms with Gasteiger partial charge in [-0.05, 0) is 62.4 Å². The molecular formula is C25H28F4N6O. The van der Waals surface area contributed by atoms with Crippen LogP contribution in [0.25, 0.3) is 11.0 Å². The molecule has 0 atom stereocenters. The number of nitrogens with zero attached hydrogens (tertiary/aromatic N) is 5. The Morgan fingerprint density at radius 2 is 1.78 bits per heavy atom. The monoisotopic (exact) mass is 504 g/mol. The topological polar surface area (TPSA) is 80.3 Å². The first-order chi connectivity index (χ1) is 17.2. The van der Waals surface area contributed by atoms with Gasteiger partial charge in [0.25, 0.3) is 0 Å². The van der Waals surface area contributed by atoms with Gasteiger partial charge in [0.1, 0.15) is 17.8 Å². The number of fused-ring (bicyclic) bond motifs is 1. The van der Waals surface area contributed by atoms with E-state index in [2.05, 4.69) is 9.97 Å². The summed E-state index contributed by atoms with van der Waals surface area (Å²) in [5, 5.41) is 0.336. The Morgan fingerprint density at radius 3 is 2.39 bits per heavy atom. The molecule has 3 aromatic rings. The van der Waals surface area contributed by atoms with Crippen molar-refractivity contribution in [1.29, 1.82) is 0 Å². The summed E-state index contributed by atoms with van der Waals surface area (Å²) in [7, 11) is 0. The molecule has 1 aromatic carbocycles. The quantitative estimate of drug-likeness (QED) is 0.470. The molecule has 192 valence electrons. The zero-order valence-electron chi connectivity index (χ0n) is 19.7. The van der Waals surface area contributed by atoms with E-state index in [1.807, 2.05) is 14.4 Å². The van der Waals surface area contributed by atoms with Gasteiger partial charge in [-0.1, -0.05) is 12.1 Å². The van der Waals surface area contributed by atoms with Crippen molar-refractivity contribution in [3.63, 3.8) is 0 Å². The molecule has 7 nitrogen and oxygen atoms in total. The fourth-order valence-corrected chi connectivity index (χ4v) is 5.00. The molecule has 2 N–H and O–H groups in total. The summed E-state index contributed by atoms with van der Waals surface area (Å²) >= 11 is 0. The first-order valence-electron chi connectivity index (χ1n) is 12.1. The Balaban J connectivity index is 1.36. The summed E-state index contributed by atoms with van der Waals surface area (Å²) in [5.41, 5.74) is 5.80. The molecule has 2 aromatic heterocycles. The highest BCUT2D eigenvalue weighted by atomic mass is 19.4. The average Bonchev–Trinajstić information content (AvgIpc) is 3.62. The van der Waals surface area contributed by atoms with Gasteiger partial charge in [-0.25, -0.2) is 14.4 Å². The van der Waals surface area contributed by atoms with Gasteiger partial charge in [0.2, 0.25) is 5.91 Å². The number of piperidine rings is 1. The minimum absolute atomic E-state index is 0.155. The van der Waals surface area contributed by atoms with Crippen LogP contribution in [0, 0.1) is 11.7 Å². The highest BCUT2D eigenvalue weighted by Gasteiger charge is 2.34. The van der Waals surface area contributed by atoms with Gasteiger partial charge in [0.05, 0.1) is 17.5 Å². The van der Waals surface area contributed by atoms with Crippen LogP contribution in [0.5, 0.6) is 0 Å². The molecule has 2 fully saturated rings. The number of carbonyl (C=O) groups excluding carboxylic acids is 1. The summed E-state index contributed by atoms with van der Waals surface area (Å²) < 4.78 is 56.0. The maximum absolute atomic E-state index is 15.3. The summed E-state index contributed by atoms with van der Waals surface area (Å²) in [6, 6.07) is 5.22. The van der Waals surface area contributed by atoms with Crippen molar-refractivity contribution < 1.29 is 22.4 Å². The summed E-state index contributed by atoms with van der Waals surface area (Å²) in [5.74, 6) is 0.0293. The lowest BCUT2D eigenvalue weighted by Crippen LogP contribution is -2.40. The fourth-order valence-electron chi connectivity index (χ4n) is 5.00. The maximum atomic E-state index is 15.3. The molecule has 3 heterocycles. The molecule has 1 aliphatic heterocycles. The zero-order chi connectivity index (χ0) is 25.4. The van der Waals surface area contributed by atoms with Crippen molar-refractivity contribution in [2.75, 3.05) is 24.5 Å². The summed E-state index contributed by atoms with van der Waals surface area (Å²) in [4.78, 5) is 24.0. The van der Waals surface area contributed by atoms with E-state index in [1.54, 1.807) is 0 Å². The molecule has 0 bridgehead atoms. The second-order valence-corrected chi connectivity index (χ2v) is 9.76. The van der Waals surface area contributed by atoms with Crippen LogP contribution in [0.1, 0.15) is 36.8 Å². The SMILES string of the molecule is NC(=O)CN1CCC(Cn2cc(F)c3c(N(Cc4ccc(C(F)(F)F)cc4)C4CC4)ncnc32)CC1. The molecule has 1 amide bonds. The Bertz CT molecular complexity index is 1230. The number of alkyl halides is 3. The van der Waals surface area contributed by atoms with Crippen LogP contribution >= 0.6 is 0 Å². The standard InChI is InChI=1S/C25H28F4N6O/c26-20-13-34(11-17-7-9-33(10-8-17)14-21(30)36)23-22(20)24(32-15-31-23)35(19-5-6-19)12-16-1-3-18(4-2-16)25(27,28)29/h1-4,13,15,17,19H,5-12,14H2,(H2,30,36). The van der Waals surface area contributed by atoms with Crippen molar-refractivity contribution in [3.8, 4) is 0 Å². The van der Waals surface area contributed by atoms with Gasteiger partial charge in [0, 0.05) is 25.3 Å². The number of nitrogens with two attached hydrogens (primary N) is 1. The number of rotatable bonds is 8. The number of likely N-dealkylation sites (tertiary alicyclic amines) is 1. The van der Waals surface area contributed by atoms with Crippen molar-refractivity contribution in [2.45, 2.75) is 51.0 Å². The molecule has 5 rings (SSSR count). The third kappa shape index (κ3) is 5.30. The Hall–Kier alpha value is -3.21. The number of benzene rings is 1. The highest BCUT2D eigenvalue weighted by molar-refractivity contribution is 5.89. The third-order valence-corrected chi connectivity index (χ3v) is 7.02. The van der Waals surface area contributed by atoms with E-state index in [0.717, 1.165) is 50.9 Å². The van der Waals surface area contributed by atoms with Crippen LogP contribution in [0.4, 0.5) is 23.4 Å². The van der Waals surface area contributed by atoms with Gasteiger partial charge in [-0.3, -0.25) is 9.69 Å². The van der Waals surface area contributed by atoms with Crippen LogP contribution < -0.4 is 10.6 Å². The van der Waals surface area contributed by atoms with Crippen LogP contribution in [-0.4, -0.2) is 51.0 Å². The van der Waals surface area contributed by atoms with E-state index in [1.165, 1.54) is 24.7 Å². The number of aromatic nitrogens is 3. The minimum Gasteiger partial charge on any atom is -0.369 e. The van der Waals surface area contributed by atoms with Gasteiger partial charge in [0.15, 0.2) is 5.82 Å². The van der Waals surface area contributed by atoms with E-state index in [9.17, 15) is 18.0 Å². The predicted octanol–water partition coefficient (Wildman–Crippen LogP) is 3.96. The van der Waals surface area contributed by atoms with Crippen LogP contribution in [0.2, 0.25) is 0 Å². The van der Waals surface area contributed by atoms with Gasteiger partial charge in [-0.2, -0.15) is 13.2 Å². The Morgan fingerprint density at radius 1 is 1.08 bits per heavy atom. The molecular weight excluding hydrogens is 476 g/mol. The molecule has 2 aliphatic rings. The number of amides is 1. The molecule has 11 heteroatoms. The first-order valence-corrected chi connectivity index (χ1v) is 12.1. The molecule has 36 heavy (non-hydrogen) atoms. The Kier molecular flexibility index (Phi) is 6.59. The smallest absolute Gasteiger partial charge is 0.369 e. The largest absolute Gasteiger partial charge is 0.416 e. The molecule has 1 saturated carbocycles. The normalized spacial score (nSPS) is 17.6. The van der Waals surface area contributed by atoms with Gasteiger partial charge in [-0.15, -0.1) is 0 Å². The second kappa shape index (κ2) is 9.68. The average molecular weight is 505 g/mol. The van der Waals surface area contributed by atoms with Crippen molar-refractivity contribution in [1.82, 2.24) is 19.4 Å². The van der Waals surface area contributed by atoms with E-state index in [0.29, 0.717) is 41.4 Å². The van der Waals surface area contributed by atoms with Crippen LogP contribution in [-0.2, 0) is 24.1 Å². The fraction of sp³-hybridized carbons (Fsp3) is 0.480. The second-order valence-electron chi connectivity index (χ2n) is 9.76. The highest BCUT2D eigenvalue weighted by Crippen LogP contribution is 2.37. The van der Waals surface area contributed by atoms with Crippen molar-refractivity contribution in [2.24, 2.45) is 11.7 Å². The van der Waals surface area contributed by atoms with E-state index < -0.39 is 17.6 Å². The van der Waals surface area contributed by atoms with Gasteiger partial charge < -0.3 is 15.2 Å². The minimum atomic E-state index is -4.39. The first kappa shape index (κ1) is 24.5. The van der Waals surface area contributed by atoms with E-state index in [-0.39, 0.29) is 18.5 Å². The molecule has 1 saturated heterocycles. The van der Waals surface area contributed by atoms with Crippen LogP contribution in [0.15, 0.2) is 36.8 Å². The maximum Gasteiger partial charge on any atom is 0.416 e. The van der Waals surface area contributed by atoms with Gasteiger partial charge >= 0.3 is 6.18 Å². The van der Waals surface area contributed by atoms with Crippen molar-refractivity contribution in [3.05, 3.63) is 53.7 Å². The Labute approximate surface area is 205 Å². The third-order valence-electron chi connectivity index (χ3n) is 7.02. The molecule has 0 unspecified atom stereocenters. The number of hydrogen-bond donors (Lipinski definition) is 1. The van der Waals surface area contributed by atoms with Crippen molar-refractivity contribution >= 4 is 22.8 Å². The lowest BCUT2D eigenvalue weighted by Gasteiger charge is -2.31. The lowest BCUT2D eigenvalue weighted by molar-refractivity contribution is -0.137. The molecule has 1 aliphatic carbocycles. The lowest BCUT2D eigenvalue weighted by atomic mass is 9.96. The predicted molar refractivity (Wildman–Crippen MR) is 126 cm³/mol. The molecule has 0 radical (unpaired) electrons. The zero-order valence-corrected chi connectivity index (χ0v) is 19.7. The number of halogens is 4. The summed E-state index contributed by atoms with van der Waals surface area (Å²) in [6.45, 7) is 2.71. The number of carbonyl (C=O) groups is 1. The van der Waals surface area contributed by atoms with E-state index in [4.69, 9.17) is 5.73 Å². The summed E-state index contributed by atoms with van der Waals surface area (Å²) in [6.07, 6.45) is 2.06.